The van der Waals surface area contributed by atoms with Gasteiger partial charge in [-0.05, 0) is 20.8 Å². The zero-order valence-corrected chi connectivity index (χ0v) is 10.5. The van der Waals surface area contributed by atoms with Gasteiger partial charge in [0, 0.05) is 19.6 Å². The van der Waals surface area contributed by atoms with Gasteiger partial charge >= 0.3 is 6.09 Å². The number of nitrogens with one attached hydrogen (secondary N) is 2. The number of amides is 2. The smallest absolute Gasteiger partial charge is 0.410 e. The second kappa shape index (κ2) is 3.87. The molecule has 2 N–H and O–H groups in total. The minimum absolute atomic E-state index is 0.0363. The molecule has 1 spiro atoms. The topological polar surface area (TPSA) is 70.7 Å². The fraction of sp³-hybridized carbons (Fsp3) is 0.818. The van der Waals surface area contributed by atoms with Crippen LogP contribution in [0.1, 0.15) is 20.8 Å². The van der Waals surface area contributed by atoms with Gasteiger partial charge in [0.05, 0.1) is 6.54 Å². The fourth-order valence-corrected chi connectivity index (χ4v) is 2.02. The molecule has 6 nitrogen and oxygen atoms in total. The molecule has 0 aromatic carbocycles. The van der Waals surface area contributed by atoms with Gasteiger partial charge in [0.2, 0.25) is 5.91 Å². The van der Waals surface area contributed by atoms with Crippen molar-refractivity contribution in [3.63, 3.8) is 0 Å². The van der Waals surface area contributed by atoms with Gasteiger partial charge in [0.15, 0.2) is 0 Å². The summed E-state index contributed by atoms with van der Waals surface area (Å²) in [6, 6.07) is 0. The zero-order valence-electron chi connectivity index (χ0n) is 10.5. The molecule has 2 amide bonds. The SMILES string of the molecule is CC(C)(C)OC(=O)N1CCNC2(CNC2=O)C1. The summed E-state index contributed by atoms with van der Waals surface area (Å²) in [5, 5.41) is 5.86. The molecule has 2 saturated heterocycles. The first-order chi connectivity index (χ1) is 7.82. The molecule has 1 unspecified atom stereocenters. The Kier molecular flexibility index (Phi) is 2.77. The highest BCUT2D eigenvalue weighted by Gasteiger charge is 2.50. The van der Waals surface area contributed by atoms with E-state index < -0.39 is 11.1 Å². The van der Waals surface area contributed by atoms with Crippen LogP contribution in [0.2, 0.25) is 0 Å². The Labute approximate surface area is 101 Å². The monoisotopic (exact) mass is 241 g/mol. The van der Waals surface area contributed by atoms with Crippen LogP contribution in [0.5, 0.6) is 0 Å². The number of hydrogen-bond donors (Lipinski definition) is 2. The second-order valence-corrected chi connectivity index (χ2v) is 5.59. The van der Waals surface area contributed by atoms with Crippen LogP contribution in [0.4, 0.5) is 4.79 Å². The molecule has 6 heteroatoms. The number of hydrogen-bond acceptors (Lipinski definition) is 4. The Morgan fingerprint density at radius 3 is 2.65 bits per heavy atom. The molecule has 2 fully saturated rings. The molecule has 2 rings (SSSR count). The lowest BCUT2D eigenvalue weighted by atomic mass is 9.89. The normalized spacial score (nSPS) is 28.6. The maximum atomic E-state index is 11.9. The van der Waals surface area contributed by atoms with E-state index in [9.17, 15) is 9.59 Å². The molecule has 1 atom stereocenters. The van der Waals surface area contributed by atoms with Gasteiger partial charge < -0.3 is 15.0 Å². The third kappa shape index (κ3) is 2.36. The van der Waals surface area contributed by atoms with Crippen molar-refractivity contribution in [2.75, 3.05) is 26.2 Å². The van der Waals surface area contributed by atoms with E-state index in [2.05, 4.69) is 10.6 Å². The summed E-state index contributed by atoms with van der Waals surface area (Å²) in [5.41, 5.74) is -1.09. The Morgan fingerprint density at radius 2 is 2.18 bits per heavy atom. The van der Waals surface area contributed by atoms with Crippen molar-refractivity contribution < 1.29 is 14.3 Å². The summed E-state index contributed by atoms with van der Waals surface area (Å²) in [6.45, 7) is 7.65. The van der Waals surface area contributed by atoms with Crippen molar-refractivity contribution >= 4 is 12.0 Å². The van der Waals surface area contributed by atoms with Crippen molar-refractivity contribution in [3.8, 4) is 0 Å². The van der Waals surface area contributed by atoms with Crippen LogP contribution < -0.4 is 10.6 Å². The lowest BCUT2D eigenvalue weighted by molar-refractivity contribution is -0.137. The Bertz CT molecular complexity index is 350. The van der Waals surface area contributed by atoms with Crippen molar-refractivity contribution in [2.45, 2.75) is 31.9 Å². The summed E-state index contributed by atoms with van der Waals surface area (Å²) in [7, 11) is 0. The molecule has 0 aromatic heterocycles. The summed E-state index contributed by atoms with van der Waals surface area (Å²) in [4.78, 5) is 25.0. The molecule has 0 aromatic rings. The number of carbonyl (C=O) groups is 2. The Morgan fingerprint density at radius 1 is 1.47 bits per heavy atom. The van der Waals surface area contributed by atoms with Crippen molar-refractivity contribution in [1.82, 2.24) is 15.5 Å². The average Bonchev–Trinajstić information content (AvgIpc) is 2.25. The predicted octanol–water partition coefficient (Wildman–Crippen LogP) is -0.305. The first kappa shape index (κ1) is 12.2. The van der Waals surface area contributed by atoms with Crippen LogP contribution in [0, 0.1) is 0 Å². The molecule has 0 saturated carbocycles. The first-order valence-electron chi connectivity index (χ1n) is 5.84. The molecular weight excluding hydrogens is 222 g/mol. The fourth-order valence-electron chi connectivity index (χ4n) is 2.02. The summed E-state index contributed by atoms with van der Waals surface area (Å²) in [5.74, 6) is -0.0363. The zero-order chi connectivity index (χ0) is 12.7. The van der Waals surface area contributed by atoms with Crippen LogP contribution in [0.25, 0.3) is 0 Å². The molecule has 2 aliphatic rings. The van der Waals surface area contributed by atoms with Gasteiger partial charge in [-0.15, -0.1) is 0 Å². The lowest BCUT2D eigenvalue weighted by Gasteiger charge is -2.47. The standard InChI is InChI=1S/C11H19N3O3/c1-10(2,3)17-9(16)14-5-4-13-11(7-14)6-12-8(11)15/h13H,4-7H2,1-3H3,(H,12,15). The lowest BCUT2D eigenvalue weighted by Crippen LogP contribution is -2.79. The van der Waals surface area contributed by atoms with E-state index in [4.69, 9.17) is 4.74 Å². The van der Waals surface area contributed by atoms with Gasteiger partial charge in [-0.25, -0.2) is 4.79 Å². The molecule has 0 radical (unpaired) electrons. The molecule has 0 aliphatic carbocycles. The van der Waals surface area contributed by atoms with Crippen LogP contribution in [-0.2, 0) is 9.53 Å². The number of nitrogens with zero attached hydrogens (tertiary/aromatic N) is 1. The van der Waals surface area contributed by atoms with E-state index in [1.54, 1.807) is 4.90 Å². The van der Waals surface area contributed by atoms with Crippen LogP contribution in [-0.4, -0.2) is 54.2 Å². The minimum atomic E-state index is -0.588. The summed E-state index contributed by atoms with van der Waals surface area (Å²) < 4.78 is 5.30. The predicted molar refractivity (Wildman–Crippen MR) is 61.6 cm³/mol. The minimum Gasteiger partial charge on any atom is -0.444 e. The third-order valence-corrected chi connectivity index (χ3v) is 2.94. The molecule has 0 bridgehead atoms. The third-order valence-electron chi connectivity index (χ3n) is 2.94. The van der Waals surface area contributed by atoms with Crippen LogP contribution in [0.15, 0.2) is 0 Å². The second-order valence-electron chi connectivity index (χ2n) is 5.59. The number of piperazine rings is 1. The van der Waals surface area contributed by atoms with Gasteiger partial charge in [-0.2, -0.15) is 0 Å². The van der Waals surface area contributed by atoms with E-state index in [0.717, 1.165) is 0 Å². The van der Waals surface area contributed by atoms with Gasteiger partial charge in [0.1, 0.15) is 11.1 Å². The van der Waals surface area contributed by atoms with E-state index in [1.807, 2.05) is 20.8 Å². The van der Waals surface area contributed by atoms with Crippen molar-refractivity contribution in [3.05, 3.63) is 0 Å². The van der Waals surface area contributed by atoms with Crippen molar-refractivity contribution in [1.29, 1.82) is 0 Å². The summed E-state index contributed by atoms with van der Waals surface area (Å²) >= 11 is 0. The van der Waals surface area contributed by atoms with Crippen LogP contribution in [0.3, 0.4) is 0 Å². The van der Waals surface area contributed by atoms with Gasteiger partial charge in [-0.1, -0.05) is 0 Å². The van der Waals surface area contributed by atoms with Gasteiger partial charge in [0.25, 0.3) is 0 Å². The number of β-lactam (4-membered cyclic amide) rings is 1. The highest BCUT2D eigenvalue weighted by Crippen LogP contribution is 2.20. The van der Waals surface area contributed by atoms with Gasteiger partial charge in [-0.3, -0.25) is 10.1 Å². The number of carbonyl (C=O) groups excluding carboxylic acids is 2. The number of ether oxygens (including phenoxy) is 1. The first-order valence-corrected chi connectivity index (χ1v) is 5.84. The largest absolute Gasteiger partial charge is 0.444 e. The molecule has 17 heavy (non-hydrogen) atoms. The Balaban J connectivity index is 1.98. The van der Waals surface area contributed by atoms with E-state index in [0.29, 0.717) is 26.2 Å². The highest BCUT2D eigenvalue weighted by molar-refractivity contribution is 5.93. The highest BCUT2D eigenvalue weighted by atomic mass is 16.6. The van der Waals surface area contributed by atoms with Crippen LogP contribution >= 0.6 is 0 Å². The van der Waals surface area contributed by atoms with E-state index >= 15 is 0 Å². The van der Waals surface area contributed by atoms with E-state index in [1.165, 1.54) is 0 Å². The van der Waals surface area contributed by atoms with Crippen molar-refractivity contribution in [2.24, 2.45) is 0 Å². The quantitative estimate of drug-likeness (QED) is 0.571. The average molecular weight is 241 g/mol. The molecule has 2 heterocycles. The Hall–Kier alpha value is -1.30. The maximum absolute atomic E-state index is 11.9. The summed E-state index contributed by atoms with van der Waals surface area (Å²) in [6.07, 6.45) is -0.349. The maximum Gasteiger partial charge on any atom is 0.410 e. The molecular formula is C11H19N3O3. The van der Waals surface area contributed by atoms with E-state index in [-0.39, 0.29) is 12.0 Å². The molecule has 2 aliphatic heterocycles. The number of rotatable bonds is 0. The molecule has 96 valence electrons.